The number of ether oxygens (including phenoxy) is 1. The van der Waals surface area contributed by atoms with Crippen LogP contribution in [0, 0.1) is 5.92 Å². The molecule has 1 aliphatic rings. The fraction of sp³-hybridized carbons (Fsp3) is 0.900. The first-order chi connectivity index (χ1) is 11.7. The van der Waals surface area contributed by atoms with E-state index in [0.717, 1.165) is 0 Å². The van der Waals surface area contributed by atoms with Crippen molar-refractivity contribution >= 4 is 20.3 Å². The molecule has 2 atom stereocenters. The summed E-state index contributed by atoms with van der Waals surface area (Å²) in [5.74, 6) is -0.139. The van der Waals surface area contributed by atoms with Crippen molar-refractivity contribution in [2.24, 2.45) is 5.92 Å². The topological polar surface area (TPSA) is 55.8 Å². The molecule has 1 rings (SSSR count). The number of hydrogen-bond acceptors (Lipinski definition) is 4. The van der Waals surface area contributed by atoms with Crippen molar-refractivity contribution in [3.05, 3.63) is 0 Å². The number of nitrogens with zero attached hydrogens (tertiary/aromatic N) is 1. The monoisotopic (exact) mass is 385 g/mol. The van der Waals surface area contributed by atoms with Gasteiger partial charge in [-0.1, -0.05) is 55.4 Å². The molecule has 2 unspecified atom stereocenters. The van der Waals surface area contributed by atoms with Crippen molar-refractivity contribution in [2.45, 2.75) is 111 Å². The van der Waals surface area contributed by atoms with Crippen LogP contribution in [0.2, 0.25) is 16.6 Å². The molecule has 1 heterocycles. The van der Waals surface area contributed by atoms with E-state index in [2.05, 4.69) is 41.5 Å². The van der Waals surface area contributed by atoms with E-state index in [4.69, 9.17) is 9.16 Å². The summed E-state index contributed by atoms with van der Waals surface area (Å²) in [5, 5.41) is 0. The van der Waals surface area contributed by atoms with Gasteiger partial charge in [-0.05, 0) is 43.3 Å². The normalized spacial score (nSPS) is 21.8. The van der Waals surface area contributed by atoms with Crippen molar-refractivity contribution in [1.29, 1.82) is 0 Å². The summed E-state index contributed by atoms with van der Waals surface area (Å²) in [4.78, 5) is 26.7. The summed E-state index contributed by atoms with van der Waals surface area (Å²) in [7, 11) is -2.20. The van der Waals surface area contributed by atoms with Gasteiger partial charge in [-0.25, -0.2) is 9.69 Å². The standard InChI is InChI=1S/C20H39NO4Si/c1-12(2)16-17(18(22)21(16)19(23)24-20(9,10)11)25-26(13(3)4,14(5)6)15(7)8/h12-17H,1-11H3. The molecule has 0 saturated carbocycles. The Kier molecular flexibility index (Phi) is 7.13. The minimum atomic E-state index is -2.20. The molecule has 0 aromatic carbocycles. The summed E-state index contributed by atoms with van der Waals surface area (Å²) in [5.41, 5.74) is 0.535. The predicted molar refractivity (Wildman–Crippen MR) is 108 cm³/mol. The number of amides is 2. The number of likely N-dealkylation sites (tertiary alicyclic amines) is 1. The van der Waals surface area contributed by atoms with E-state index < -0.39 is 26.1 Å². The predicted octanol–water partition coefficient (Wildman–Crippen LogP) is 5.35. The molecule has 0 N–H and O–H groups in total. The summed E-state index contributed by atoms with van der Waals surface area (Å²) in [6.07, 6.45) is -1.10. The zero-order chi connectivity index (χ0) is 20.6. The highest BCUT2D eigenvalue weighted by molar-refractivity contribution is 6.77. The molecule has 0 spiro atoms. The highest BCUT2D eigenvalue weighted by atomic mass is 28.4. The first-order valence-electron chi connectivity index (χ1n) is 9.90. The lowest BCUT2D eigenvalue weighted by Crippen LogP contribution is -2.72. The van der Waals surface area contributed by atoms with Crippen molar-refractivity contribution in [2.75, 3.05) is 0 Å². The second-order valence-corrected chi connectivity index (χ2v) is 15.2. The van der Waals surface area contributed by atoms with Gasteiger partial charge in [0, 0.05) is 0 Å². The van der Waals surface area contributed by atoms with Crippen LogP contribution in [0.4, 0.5) is 4.79 Å². The van der Waals surface area contributed by atoms with Gasteiger partial charge >= 0.3 is 6.09 Å². The summed E-state index contributed by atoms with van der Waals surface area (Å²) >= 11 is 0. The van der Waals surface area contributed by atoms with E-state index in [0.29, 0.717) is 16.6 Å². The van der Waals surface area contributed by atoms with Gasteiger partial charge in [0.25, 0.3) is 5.91 Å². The van der Waals surface area contributed by atoms with Crippen molar-refractivity contribution in [3.8, 4) is 0 Å². The lowest BCUT2D eigenvalue weighted by molar-refractivity contribution is -0.165. The van der Waals surface area contributed by atoms with Crippen LogP contribution in [0.5, 0.6) is 0 Å². The Labute approximate surface area is 160 Å². The van der Waals surface area contributed by atoms with Gasteiger partial charge in [0.05, 0.1) is 6.04 Å². The van der Waals surface area contributed by atoms with Crippen LogP contribution in [0.15, 0.2) is 0 Å². The Hall–Kier alpha value is -0.883. The summed E-state index contributed by atoms with van der Waals surface area (Å²) < 4.78 is 12.1. The van der Waals surface area contributed by atoms with Crippen LogP contribution in [0.25, 0.3) is 0 Å². The molecule has 0 aromatic rings. The van der Waals surface area contributed by atoms with Gasteiger partial charge in [0.1, 0.15) is 11.7 Å². The van der Waals surface area contributed by atoms with E-state index in [1.165, 1.54) is 4.90 Å². The van der Waals surface area contributed by atoms with Crippen molar-refractivity contribution in [3.63, 3.8) is 0 Å². The molecule has 6 heteroatoms. The molecule has 1 aliphatic heterocycles. The minimum Gasteiger partial charge on any atom is -0.443 e. The van der Waals surface area contributed by atoms with Gasteiger partial charge in [0.2, 0.25) is 8.32 Å². The SMILES string of the molecule is CC(C)C1C(O[Si](C(C)C)(C(C)C)C(C)C)C(=O)N1C(=O)OC(C)(C)C. The van der Waals surface area contributed by atoms with Crippen LogP contribution < -0.4 is 0 Å². The maximum absolute atomic E-state index is 12.9. The largest absolute Gasteiger partial charge is 0.443 e. The van der Waals surface area contributed by atoms with E-state index in [1.54, 1.807) is 0 Å². The van der Waals surface area contributed by atoms with Crippen molar-refractivity contribution < 1.29 is 18.8 Å². The Morgan fingerprint density at radius 2 is 1.38 bits per heavy atom. The van der Waals surface area contributed by atoms with E-state index >= 15 is 0 Å². The van der Waals surface area contributed by atoms with Crippen molar-refractivity contribution in [1.82, 2.24) is 4.90 Å². The Bertz CT molecular complexity index is 501. The lowest BCUT2D eigenvalue weighted by Gasteiger charge is -2.53. The molecule has 5 nitrogen and oxygen atoms in total. The molecule has 0 aliphatic carbocycles. The fourth-order valence-corrected chi connectivity index (χ4v) is 9.90. The quantitative estimate of drug-likeness (QED) is 0.457. The third-order valence-corrected chi connectivity index (χ3v) is 11.5. The first kappa shape index (κ1) is 23.2. The van der Waals surface area contributed by atoms with Crippen LogP contribution in [-0.4, -0.2) is 43.0 Å². The zero-order valence-electron chi connectivity index (χ0n) is 18.5. The molecule has 1 fully saturated rings. The molecule has 0 aromatic heterocycles. The zero-order valence-corrected chi connectivity index (χ0v) is 19.5. The highest BCUT2D eigenvalue weighted by Crippen LogP contribution is 2.45. The minimum absolute atomic E-state index is 0.114. The van der Waals surface area contributed by atoms with Crippen LogP contribution in [-0.2, 0) is 14.0 Å². The molecule has 26 heavy (non-hydrogen) atoms. The maximum atomic E-state index is 12.9. The molecule has 2 amide bonds. The molecule has 0 radical (unpaired) electrons. The van der Waals surface area contributed by atoms with Crippen LogP contribution in [0.1, 0.15) is 76.2 Å². The number of imide groups is 1. The van der Waals surface area contributed by atoms with Crippen LogP contribution >= 0.6 is 0 Å². The summed E-state index contributed by atoms with van der Waals surface area (Å²) in [6, 6.07) is -0.263. The van der Waals surface area contributed by atoms with E-state index in [9.17, 15) is 9.59 Å². The van der Waals surface area contributed by atoms with Gasteiger partial charge in [-0.15, -0.1) is 0 Å². The van der Waals surface area contributed by atoms with Gasteiger partial charge in [0.15, 0.2) is 0 Å². The Morgan fingerprint density at radius 1 is 0.962 bits per heavy atom. The summed E-state index contributed by atoms with van der Waals surface area (Å²) in [6.45, 7) is 22.7. The number of β-lactam (4-membered cyclic amide) rings is 1. The Balaban J connectivity index is 3.14. The smallest absolute Gasteiger partial charge is 0.417 e. The van der Waals surface area contributed by atoms with Crippen LogP contribution in [0.3, 0.4) is 0 Å². The number of hydrogen-bond donors (Lipinski definition) is 0. The molecular weight excluding hydrogens is 346 g/mol. The average molecular weight is 386 g/mol. The van der Waals surface area contributed by atoms with Gasteiger partial charge in [-0.2, -0.15) is 0 Å². The Morgan fingerprint density at radius 3 is 1.69 bits per heavy atom. The van der Waals surface area contributed by atoms with Gasteiger partial charge < -0.3 is 9.16 Å². The molecule has 152 valence electrons. The molecule has 1 saturated heterocycles. The van der Waals surface area contributed by atoms with Gasteiger partial charge in [-0.3, -0.25) is 4.79 Å². The second-order valence-electron chi connectivity index (χ2n) is 9.78. The fourth-order valence-electron chi connectivity index (χ4n) is 4.40. The average Bonchev–Trinajstić information content (AvgIpc) is 2.41. The second kappa shape index (κ2) is 8.01. The lowest BCUT2D eigenvalue weighted by atomic mass is 9.89. The maximum Gasteiger partial charge on any atom is 0.417 e. The number of carbonyl (C=O) groups excluding carboxylic acids is 2. The number of rotatable bonds is 6. The first-order valence-corrected chi connectivity index (χ1v) is 12.0. The van der Waals surface area contributed by atoms with E-state index in [-0.39, 0.29) is 17.9 Å². The number of carbonyl (C=O) groups is 2. The third-order valence-electron chi connectivity index (χ3n) is 5.40. The highest BCUT2D eigenvalue weighted by Gasteiger charge is 2.58. The molecule has 0 bridgehead atoms. The molecular formula is C20H39NO4Si. The third kappa shape index (κ3) is 4.33. The van der Waals surface area contributed by atoms with E-state index in [1.807, 2.05) is 34.6 Å².